The van der Waals surface area contributed by atoms with E-state index in [0.717, 1.165) is 6.07 Å². The predicted molar refractivity (Wildman–Crippen MR) is 54.2 cm³/mol. The van der Waals surface area contributed by atoms with Crippen LogP contribution in [-0.4, -0.2) is 23.1 Å². The number of methoxy groups -OCH3 is 1. The van der Waals surface area contributed by atoms with Crippen molar-refractivity contribution in [1.29, 1.82) is 0 Å². The second-order valence-corrected chi connectivity index (χ2v) is 3.00. The van der Waals surface area contributed by atoms with E-state index < -0.39 is 16.9 Å². The van der Waals surface area contributed by atoms with Crippen molar-refractivity contribution >= 4 is 11.7 Å². The molecule has 1 atom stereocenters. The van der Waals surface area contributed by atoms with Gasteiger partial charge in [0, 0.05) is 6.07 Å². The molecule has 7 heteroatoms. The summed E-state index contributed by atoms with van der Waals surface area (Å²) < 4.78 is 4.77. The van der Waals surface area contributed by atoms with Crippen LogP contribution in [0.2, 0.25) is 0 Å². The van der Waals surface area contributed by atoms with E-state index in [0.29, 0.717) is 0 Å². The Labute approximate surface area is 90.6 Å². The molecule has 0 spiro atoms. The molecule has 1 aromatic carbocycles. The minimum atomic E-state index is -1.29. The zero-order valence-electron chi connectivity index (χ0n) is 8.41. The van der Waals surface area contributed by atoms with Crippen LogP contribution in [0, 0.1) is 10.1 Å². The molecular weight excluding hydrogens is 216 g/mol. The average molecular weight is 226 g/mol. The van der Waals surface area contributed by atoms with Crippen LogP contribution in [0.1, 0.15) is 11.6 Å². The Morgan fingerprint density at radius 1 is 1.62 bits per heavy atom. The van der Waals surface area contributed by atoms with Crippen molar-refractivity contribution in [3.05, 3.63) is 33.9 Å². The Morgan fingerprint density at radius 2 is 2.25 bits per heavy atom. The van der Waals surface area contributed by atoms with E-state index in [4.69, 9.17) is 15.6 Å². The number of carboxylic acids is 1. The zero-order chi connectivity index (χ0) is 12.3. The molecule has 0 heterocycles. The van der Waals surface area contributed by atoms with Gasteiger partial charge in [-0.2, -0.15) is 0 Å². The number of aliphatic carboxylic acids is 1. The number of nitrogens with two attached hydrogens (primary N) is 1. The summed E-state index contributed by atoms with van der Waals surface area (Å²) in [4.78, 5) is 20.6. The van der Waals surface area contributed by atoms with Crippen LogP contribution in [0.3, 0.4) is 0 Å². The average Bonchev–Trinajstić information content (AvgIpc) is 2.26. The van der Waals surface area contributed by atoms with Crippen molar-refractivity contribution in [2.24, 2.45) is 5.73 Å². The summed E-state index contributed by atoms with van der Waals surface area (Å²) in [6.07, 6.45) is 0. The number of hydrogen-bond donors (Lipinski definition) is 2. The molecule has 0 bridgehead atoms. The third-order valence-electron chi connectivity index (χ3n) is 2.02. The molecule has 0 fully saturated rings. The van der Waals surface area contributed by atoms with E-state index in [2.05, 4.69) is 0 Å². The van der Waals surface area contributed by atoms with Gasteiger partial charge >= 0.3 is 11.7 Å². The first-order chi connectivity index (χ1) is 7.47. The van der Waals surface area contributed by atoms with Crippen molar-refractivity contribution in [2.45, 2.75) is 6.04 Å². The molecule has 3 N–H and O–H groups in total. The lowest BCUT2D eigenvalue weighted by atomic mass is 10.1. The van der Waals surface area contributed by atoms with Gasteiger partial charge in [0.1, 0.15) is 6.04 Å². The van der Waals surface area contributed by atoms with Crippen LogP contribution in [0.4, 0.5) is 5.69 Å². The molecule has 0 saturated heterocycles. The molecule has 0 aliphatic rings. The topological polar surface area (TPSA) is 116 Å². The lowest BCUT2D eigenvalue weighted by Gasteiger charge is -2.08. The second kappa shape index (κ2) is 4.58. The van der Waals surface area contributed by atoms with Gasteiger partial charge in [-0.05, 0) is 11.6 Å². The zero-order valence-corrected chi connectivity index (χ0v) is 8.41. The molecule has 0 amide bonds. The standard InChI is InChI=1S/C9H10N2O5/c1-16-7-3-2-5(8(10)9(12)13)4-6(7)11(14)15/h2-4,8H,10H2,1H3,(H,12,13)/t8-/m0/s1. The van der Waals surface area contributed by atoms with Gasteiger partial charge in [0.25, 0.3) is 0 Å². The summed E-state index contributed by atoms with van der Waals surface area (Å²) in [6.45, 7) is 0. The van der Waals surface area contributed by atoms with Crippen LogP contribution in [0.25, 0.3) is 0 Å². The maximum atomic E-state index is 10.7. The van der Waals surface area contributed by atoms with Crippen LogP contribution < -0.4 is 10.5 Å². The highest BCUT2D eigenvalue weighted by atomic mass is 16.6. The fraction of sp³-hybridized carbons (Fsp3) is 0.222. The first kappa shape index (κ1) is 11.9. The summed E-state index contributed by atoms with van der Waals surface area (Å²) in [5.41, 5.74) is 5.18. The molecule has 7 nitrogen and oxygen atoms in total. The molecule has 0 aliphatic carbocycles. The smallest absolute Gasteiger partial charge is 0.325 e. The molecule has 0 radical (unpaired) electrons. The van der Waals surface area contributed by atoms with E-state index in [1.165, 1.54) is 19.2 Å². The minimum absolute atomic E-state index is 0.0614. The van der Waals surface area contributed by atoms with Gasteiger partial charge < -0.3 is 15.6 Å². The largest absolute Gasteiger partial charge is 0.490 e. The molecule has 0 saturated carbocycles. The molecule has 0 aromatic heterocycles. The Hall–Kier alpha value is -2.15. The van der Waals surface area contributed by atoms with Gasteiger partial charge in [0.15, 0.2) is 5.75 Å². The second-order valence-electron chi connectivity index (χ2n) is 3.00. The Kier molecular flexibility index (Phi) is 3.41. The highest BCUT2D eigenvalue weighted by Crippen LogP contribution is 2.29. The third kappa shape index (κ3) is 2.26. The number of carbonyl (C=O) groups is 1. The van der Waals surface area contributed by atoms with Gasteiger partial charge in [-0.1, -0.05) is 6.07 Å². The predicted octanol–water partition coefficient (Wildman–Crippen LogP) is 0.688. The van der Waals surface area contributed by atoms with E-state index >= 15 is 0 Å². The van der Waals surface area contributed by atoms with Crippen molar-refractivity contribution < 1.29 is 19.6 Å². The number of hydrogen-bond acceptors (Lipinski definition) is 5. The van der Waals surface area contributed by atoms with Crippen molar-refractivity contribution in [3.8, 4) is 5.75 Å². The number of rotatable bonds is 4. The highest BCUT2D eigenvalue weighted by molar-refractivity contribution is 5.75. The monoisotopic (exact) mass is 226 g/mol. The fourth-order valence-corrected chi connectivity index (χ4v) is 1.19. The van der Waals surface area contributed by atoms with E-state index in [1.54, 1.807) is 0 Å². The summed E-state index contributed by atoms with van der Waals surface area (Å²) in [5.74, 6) is -1.19. The number of nitrogens with zero attached hydrogens (tertiary/aromatic N) is 1. The number of nitro benzene ring substituents is 1. The number of benzene rings is 1. The molecule has 1 aromatic rings. The van der Waals surface area contributed by atoms with Crippen LogP contribution in [0.5, 0.6) is 5.75 Å². The van der Waals surface area contributed by atoms with Gasteiger partial charge in [0.2, 0.25) is 0 Å². The first-order valence-electron chi connectivity index (χ1n) is 4.28. The number of ether oxygens (including phenoxy) is 1. The summed E-state index contributed by atoms with van der Waals surface area (Å²) in [6, 6.07) is 2.50. The van der Waals surface area contributed by atoms with Crippen molar-refractivity contribution in [1.82, 2.24) is 0 Å². The lowest BCUT2D eigenvalue weighted by molar-refractivity contribution is -0.385. The van der Waals surface area contributed by atoms with Crippen molar-refractivity contribution in [3.63, 3.8) is 0 Å². The highest BCUT2D eigenvalue weighted by Gasteiger charge is 2.20. The Bertz CT molecular complexity index is 432. The number of nitro groups is 1. The number of carboxylic acid groups (broad SMARTS) is 1. The SMILES string of the molecule is COc1ccc([C@H](N)C(=O)O)cc1[N+](=O)[O-]. The van der Waals surface area contributed by atoms with Crippen LogP contribution >= 0.6 is 0 Å². The van der Waals surface area contributed by atoms with Crippen LogP contribution in [-0.2, 0) is 4.79 Å². The first-order valence-corrected chi connectivity index (χ1v) is 4.28. The molecule has 16 heavy (non-hydrogen) atoms. The molecule has 0 aliphatic heterocycles. The normalized spacial score (nSPS) is 11.9. The van der Waals surface area contributed by atoms with E-state index in [1.807, 2.05) is 0 Å². The third-order valence-corrected chi connectivity index (χ3v) is 2.02. The summed E-state index contributed by atoms with van der Waals surface area (Å²) in [5, 5.41) is 19.3. The minimum Gasteiger partial charge on any atom is -0.490 e. The molecule has 86 valence electrons. The molecular formula is C9H10N2O5. The van der Waals surface area contributed by atoms with Gasteiger partial charge in [-0.25, -0.2) is 0 Å². The van der Waals surface area contributed by atoms with Crippen molar-refractivity contribution in [2.75, 3.05) is 7.11 Å². The molecule has 0 unspecified atom stereocenters. The molecule has 1 rings (SSSR count). The Balaban J connectivity index is 3.21. The Morgan fingerprint density at radius 3 is 2.69 bits per heavy atom. The lowest BCUT2D eigenvalue weighted by Crippen LogP contribution is -2.20. The van der Waals surface area contributed by atoms with Gasteiger partial charge in [0.05, 0.1) is 12.0 Å². The fourth-order valence-electron chi connectivity index (χ4n) is 1.19. The van der Waals surface area contributed by atoms with E-state index in [-0.39, 0.29) is 17.0 Å². The van der Waals surface area contributed by atoms with Crippen LogP contribution in [0.15, 0.2) is 18.2 Å². The summed E-state index contributed by atoms with van der Waals surface area (Å²) in [7, 11) is 1.29. The summed E-state index contributed by atoms with van der Waals surface area (Å²) >= 11 is 0. The van der Waals surface area contributed by atoms with Gasteiger partial charge in [-0.15, -0.1) is 0 Å². The quantitative estimate of drug-likeness (QED) is 0.576. The van der Waals surface area contributed by atoms with Gasteiger partial charge in [-0.3, -0.25) is 14.9 Å². The maximum Gasteiger partial charge on any atom is 0.325 e. The van der Waals surface area contributed by atoms with E-state index in [9.17, 15) is 14.9 Å². The maximum absolute atomic E-state index is 10.7.